The lowest BCUT2D eigenvalue weighted by Crippen LogP contribution is -2.37. The van der Waals surface area contributed by atoms with Crippen molar-refractivity contribution in [1.82, 2.24) is 20.2 Å². The van der Waals surface area contributed by atoms with E-state index >= 15 is 0 Å². The highest BCUT2D eigenvalue weighted by Gasteiger charge is 2.28. The Morgan fingerprint density at radius 2 is 1.94 bits per heavy atom. The van der Waals surface area contributed by atoms with Crippen LogP contribution in [0.5, 0.6) is 0 Å². The van der Waals surface area contributed by atoms with Crippen LogP contribution in [0.25, 0.3) is 0 Å². The molecule has 1 aromatic carbocycles. The summed E-state index contributed by atoms with van der Waals surface area (Å²) in [5.41, 5.74) is 1.26. The van der Waals surface area contributed by atoms with E-state index in [-0.39, 0.29) is 29.6 Å². The number of likely N-dealkylation sites (tertiary alicyclic amines) is 1. The molecule has 0 bridgehead atoms. The summed E-state index contributed by atoms with van der Waals surface area (Å²) in [4.78, 5) is 36.6. The van der Waals surface area contributed by atoms with Gasteiger partial charge in [-0.2, -0.15) is 0 Å². The molecular formula is C22H22F2N4O2S2. The van der Waals surface area contributed by atoms with Gasteiger partial charge in [0, 0.05) is 42.6 Å². The monoisotopic (exact) mass is 476 g/mol. The molecule has 0 atom stereocenters. The lowest BCUT2D eigenvalue weighted by atomic mass is 9.97. The molecule has 1 aliphatic heterocycles. The molecule has 3 heterocycles. The van der Waals surface area contributed by atoms with Crippen LogP contribution >= 0.6 is 22.7 Å². The maximum atomic E-state index is 13.7. The summed E-state index contributed by atoms with van der Waals surface area (Å²) < 4.78 is 26.7. The molecule has 1 aliphatic rings. The zero-order valence-electron chi connectivity index (χ0n) is 17.7. The molecule has 0 saturated carbocycles. The van der Waals surface area contributed by atoms with E-state index in [0.717, 1.165) is 40.7 Å². The van der Waals surface area contributed by atoms with Gasteiger partial charge in [-0.1, -0.05) is 6.07 Å². The van der Waals surface area contributed by atoms with Crippen LogP contribution in [0.4, 0.5) is 8.78 Å². The minimum atomic E-state index is -0.700. The van der Waals surface area contributed by atoms with E-state index in [0.29, 0.717) is 18.0 Å². The third-order valence-electron chi connectivity index (χ3n) is 5.44. The van der Waals surface area contributed by atoms with Gasteiger partial charge in [0.1, 0.15) is 22.2 Å². The van der Waals surface area contributed by atoms with Crippen LogP contribution in [0.1, 0.15) is 60.2 Å². The molecule has 0 unspecified atom stereocenters. The molecule has 0 aliphatic carbocycles. The van der Waals surface area contributed by atoms with E-state index in [1.54, 1.807) is 5.38 Å². The predicted octanol–water partition coefficient (Wildman–Crippen LogP) is 4.44. The lowest BCUT2D eigenvalue weighted by Gasteiger charge is -2.30. The summed E-state index contributed by atoms with van der Waals surface area (Å²) >= 11 is 2.84. The highest BCUT2D eigenvalue weighted by Crippen LogP contribution is 2.31. The molecule has 0 radical (unpaired) electrons. The van der Waals surface area contributed by atoms with Crippen LogP contribution in [0, 0.1) is 25.5 Å². The summed E-state index contributed by atoms with van der Waals surface area (Å²) in [6.07, 6.45) is 1.55. The summed E-state index contributed by atoms with van der Waals surface area (Å²) in [5, 5.41) is 6.06. The summed E-state index contributed by atoms with van der Waals surface area (Å²) in [7, 11) is 0. The minimum Gasteiger partial charge on any atom is -0.346 e. The van der Waals surface area contributed by atoms with Crippen molar-refractivity contribution in [3.8, 4) is 0 Å². The first-order valence-electron chi connectivity index (χ1n) is 10.2. The fourth-order valence-corrected chi connectivity index (χ4v) is 5.57. The Morgan fingerprint density at radius 1 is 1.19 bits per heavy atom. The molecule has 10 heteroatoms. The Kier molecular flexibility index (Phi) is 6.61. The highest BCUT2D eigenvalue weighted by atomic mass is 32.1. The largest absolute Gasteiger partial charge is 0.346 e. The summed E-state index contributed by atoms with van der Waals surface area (Å²) in [6.45, 7) is 4.97. The van der Waals surface area contributed by atoms with Crippen molar-refractivity contribution in [3.63, 3.8) is 0 Å². The number of thiazole rings is 2. The maximum Gasteiger partial charge on any atom is 0.271 e. The molecule has 1 N–H and O–H groups in total. The van der Waals surface area contributed by atoms with E-state index in [9.17, 15) is 18.4 Å². The maximum absolute atomic E-state index is 13.7. The zero-order chi connectivity index (χ0) is 22.8. The lowest BCUT2D eigenvalue weighted by molar-refractivity contribution is 0.0717. The van der Waals surface area contributed by atoms with Gasteiger partial charge in [0.15, 0.2) is 0 Å². The van der Waals surface area contributed by atoms with E-state index in [1.165, 1.54) is 28.7 Å². The van der Waals surface area contributed by atoms with Crippen LogP contribution in [0.15, 0.2) is 23.6 Å². The third-order valence-corrected chi connectivity index (χ3v) is 7.51. The zero-order valence-corrected chi connectivity index (χ0v) is 19.3. The van der Waals surface area contributed by atoms with Gasteiger partial charge in [-0.05, 0) is 32.8 Å². The highest BCUT2D eigenvalue weighted by molar-refractivity contribution is 7.13. The molecule has 32 heavy (non-hydrogen) atoms. The number of amides is 2. The van der Waals surface area contributed by atoms with Crippen LogP contribution in [-0.4, -0.2) is 39.8 Å². The van der Waals surface area contributed by atoms with Crippen LogP contribution in [0.2, 0.25) is 0 Å². The molecule has 1 fully saturated rings. The second-order valence-corrected chi connectivity index (χ2v) is 9.80. The van der Waals surface area contributed by atoms with Gasteiger partial charge in [0.25, 0.3) is 11.8 Å². The number of aryl methyl sites for hydroxylation is 2. The standard InChI is InChI=1S/C22H22F2N4O2S2/c1-12-19(32-13(2)26-12)22(30)28-7-5-14(6-8-28)21-27-18(11-31-21)20(29)25-10-15-3-4-16(23)9-17(15)24/h3-4,9,11,14H,5-8,10H2,1-2H3,(H,25,29). The SMILES string of the molecule is Cc1nc(C)c(C(=O)N2CCC(c3nc(C(=O)NCc4ccc(F)cc4F)cs3)CC2)s1. The molecular weight excluding hydrogens is 454 g/mol. The molecule has 4 rings (SSSR count). The minimum absolute atomic E-state index is 0.0266. The molecule has 6 nitrogen and oxygen atoms in total. The van der Waals surface area contributed by atoms with E-state index in [2.05, 4.69) is 15.3 Å². The topological polar surface area (TPSA) is 75.2 Å². The molecule has 3 aromatic rings. The van der Waals surface area contributed by atoms with Crippen molar-refractivity contribution in [3.05, 3.63) is 67.1 Å². The average molecular weight is 477 g/mol. The first kappa shape index (κ1) is 22.5. The number of piperidine rings is 1. The number of rotatable bonds is 5. The Hall–Kier alpha value is -2.72. The Bertz CT molecular complexity index is 1150. The van der Waals surface area contributed by atoms with Gasteiger partial charge in [-0.3, -0.25) is 9.59 Å². The second kappa shape index (κ2) is 9.41. The van der Waals surface area contributed by atoms with Crippen LogP contribution in [0.3, 0.4) is 0 Å². The van der Waals surface area contributed by atoms with Gasteiger partial charge < -0.3 is 10.2 Å². The average Bonchev–Trinajstić information content (AvgIpc) is 3.39. The number of halogens is 2. The smallest absolute Gasteiger partial charge is 0.271 e. The van der Waals surface area contributed by atoms with Crippen molar-refractivity contribution in [2.75, 3.05) is 13.1 Å². The fourth-order valence-electron chi connectivity index (χ4n) is 3.71. The number of benzene rings is 1. The van der Waals surface area contributed by atoms with Gasteiger partial charge >= 0.3 is 0 Å². The molecule has 0 spiro atoms. The van der Waals surface area contributed by atoms with Gasteiger partial charge in [0.05, 0.1) is 15.7 Å². The molecule has 168 valence electrons. The number of hydrogen-bond donors (Lipinski definition) is 1. The second-order valence-electron chi connectivity index (χ2n) is 7.70. The number of nitrogens with zero attached hydrogens (tertiary/aromatic N) is 3. The number of carbonyl (C=O) groups excluding carboxylic acids is 2. The summed E-state index contributed by atoms with van der Waals surface area (Å²) in [5.74, 6) is -1.55. The Balaban J connectivity index is 1.32. The number of carbonyl (C=O) groups is 2. The predicted molar refractivity (Wildman–Crippen MR) is 119 cm³/mol. The van der Waals surface area contributed by atoms with Crippen LogP contribution in [-0.2, 0) is 6.54 Å². The number of aromatic nitrogens is 2. The van der Waals surface area contributed by atoms with Gasteiger partial charge in [-0.15, -0.1) is 22.7 Å². The van der Waals surface area contributed by atoms with E-state index < -0.39 is 17.5 Å². The summed E-state index contributed by atoms with van der Waals surface area (Å²) in [6, 6.07) is 3.25. The van der Waals surface area contributed by atoms with Gasteiger partial charge in [0.2, 0.25) is 0 Å². The Morgan fingerprint density at radius 3 is 2.59 bits per heavy atom. The molecule has 2 amide bonds. The quantitative estimate of drug-likeness (QED) is 0.591. The third kappa shape index (κ3) is 4.86. The Labute approximate surface area is 192 Å². The van der Waals surface area contributed by atoms with Crippen LogP contribution < -0.4 is 5.32 Å². The first-order chi connectivity index (χ1) is 15.3. The van der Waals surface area contributed by atoms with Crippen molar-refractivity contribution < 1.29 is 18.4 Å². The number of nitrogens with one attached hydrogen (secondary N) is 1. The van der Waals surface area contributed by atoms with Gasteiger partial charge in [-0.25, -0.2) is 18.7 Å². The first-order valence-corrected chi connectivity index (χ1v) is 11.9. The van der Waals surface area contributed by atoms with Crippen molar-refractivity contribution >= 4 is 34.5 Å². The van der Waals surface area contributed by atoms with E-state index in [4.69, 9.17) is 0 Å². The molecule has 1 saturated heterocycles. The molecule has 2 aromatic heterocycles. The van der Waals surface area contributed by atoms with E-state index in [1.807, 2.05) is 18.7 Å². The van der Waals surface area contributed by atoms with Crippen molar-refractivity contribution in [2.24, 2.45) is 0 Å². The number of hydrogen-bond acceptors (Lipinski definition) is 6. The fraction of sp³-hybridized carbons (Fsp3) is 0.364. The van der Waals surface area contributed by atoms with Crippen molar-refractivity contribution in [1.29, 1.82) is 0 Å². The van der Waals surface area contributed by atoms with Crippen molar-refractivity contribution in [2.45, 2.75) is 39.2 Å². The normalized spacial score (nSPS) is 14.6.